The molecular weight excluding hydrogens is 330 g/mol. The van der Waals surface area contributed by atoms with Crippen LogP contribution in [0, 0.1) is 5.92 Å². The summed E-state index contributed by atoms with van der Waals surface area (Å²) in [5.41, 5.74) is 0.461. The second-order valence-corrected chi connectivity index (χ2v) is 6.96. The number of aliphatic hydroxyl groups excluding tert-OH is 1. The zero-order valence-electron chi connectivity index (χ0n) is 13.7. The van der Waals surface area contributed by atoms with Crippen molar-refractivity contribution in [1.29, 1.82) is 0 Å². The first-order chi connectivity index (χ1) is 11.6. The number of hydrogen-bond donors (Lipinski definition) is 2. The largest absolute Gasteiger partial charge is 0.389 e. The number of nitrogens with one attached hydrogen (secondary N) is 1. The highest BCUT2D eigenvalue weighted by Crippen LogP contribution is 2.28. The van der Waals surface area contributed by atoms with Crippen LogP contribution in [-0.4, -0.2) is 54.9 Å². The fraction of sp³-hybridized carbons (Fsp3) is 0.647. The minimum Gasteiger partial charge on any atom is -0.389 e. The Labute approximate surface area is 147 Å². The van der Waals surface area contributed by atoms with E-state index >= 15 is 0 Å². The first-order valence-electron chi connectivity index (χ1n) is 8.58. The van der Waals surface area contributed by atoms with Crippen LogP contribution in [0.2, 0.25) is 5.15 Å². The summed E-state index contributed by atoms with van der Waals surface area (Å²) in [5.74, 6) is 1.13. The number of carbonyl (C=O) groups is 1. The van der Waals surface area contributed by atoms with Gasteiger partial charge in [-0.05, 0) is 43.7 Å². The Morgan fingerprint density at radius 1 is 1.42 bits per heavy atom. The smallest absolute Gasteiger partial charge is 0.251 e. The van der Waals surface area contributed by atoms with Gasteiger partial charge in [-0.15, -0.1) is 0 Å². The molecule has 6 nitrogen and oxygen atoms in total. The van der Waals surface area contributed by atoms with Gasteiger partial charge in [0, 0.05) is 31.8 Å². The van der Waals surface area contributed by atoms with Gasteiger partial charge in [0.25, 0.3) is 5.91 Å². The van der Waals surface area contributed by atoms with Crippen LogP contribution in [0.25, 0.3) is 0 Å². The lowest BCUT2D eigenvalue weighted by molar-refractivity contribution is 0.0320. The Balaban J connectivity index is 1.49. The lowest BCUT2D eigenvalue weighted by Gasteiger charge is -2.17. The van der Waals surface area contributed by atoms with Crippen molar-refractivity contribution >= 4 is 23.3 Å². The van der Waals surface area contributed by atoms with E-state index in [1.165, 1.54) is 12.8 Å². The van der Waals surface area contributed by atoms with Crippen molar-refractivity contribution in [2.45, 2.75) is 31.8 Å². The molecule has 1 saturated heterocycles. The van der Waals surface area contributed by atoms with E-state index in [2.05, 4.69) is 15.2 Å². The van der Waals surface area contributed by atoms with E-state index in [0.29, 0.717) is 23.2 Å². The first kappa shape index (κ1) is 17.5. The maximum atomic E-state index is 12.3. The number of aliphatic hydroxyl groups is 1. The molecular formula is C17H24ClN3O3. The van der Waals surface area contributed by atoms with Crippen molar-refractivity contribution in [3.63, 3.8) is 0 Å². The summed E-state index contributed by atoms with van der Waals surface area (Å²) in [7, 11) is 0. The summed E-state index contributed by atoms with van der Waals surface area (Å²) in [5, 5.41) is 12.9. The minimum absolute atomic E-state index is 0.155. The van der Waals surface area contributed by atoms with Crippen LogP contribution in [0.15, 0.2) is 12.1 Å². The summed E-state index contributed by atoms with van der Waals surface area (Å²) in [4.78, 5) is 18.7. The molecule has 1 aromatic heterocycles. The second kappa shape index (κ2) is 8.14. The van der Waals surface area contributed by atoms with Gasteiger partial charge in [0.05, 0.1) is 12.7 Å². The molecule has 2 fully saturated rings. The van der Waals surface area contributed by atoms with E-state index in [1.54, 1.807) is 12.1 Å². The van der Waals surface area contributed by atoms with Crippen LogP contribution in [-0.2, 0) is 4.74 Å². The molecule has 1 saturated carbocycles. The summed E-state index contributed by atoms with van der Waals surface area (Å²) in [6.07, 6.45) is 3.98. The van der Waals surface area contributed by atoms with Crippen LogP contribution in [0.4, 0.5) is 5.82 Å². The van der Waals surface area contributed by atoms with Crippen LogP contribution in [0.1, 0.15) is 36.0 Å². The molecule has 1 aromatic rings. The Morgan fingerprint density at radius 3 is 2.88 bits per heavy atom. The van der Waals surface area contributed by atoms with Crippen molar-refractivity contribution in [3.8, 4) is 0 Å². The van der Waals surface area contributed by atoms with E-state index in [-0.39, 0.29) is 19.1 Å². The predicted octanol–water partition coefficient (Wildman–Crippen LogP) is 1.85. The van der Waals surface area contributed by atoms with Crippen molar-refractivity contribution in [3.05, 3.63) is 22.8 Å². The van der Waals surface area contributed by atoms with Crippen LogP contribution >= 0.6 is 11.6 Å². The van der Waals surface area contributed by atoms with E-state index < -0.39 is 6.10 Å². The highest BCUT2D eigenvalue weighted by atomic mass is 35.5. The van der Waals surface area contributed by atoms with E-state index in [1.807, 2.05) is 0 Å². The monoisotopic (exact) mass is 353 g/mol. The molecule has 2 heterocycles. The van der Waals surface area contributed by atoms with Crippen molar-refractivity contribution < 1.29 is 14.6 Å². The minimum atomic E-state index is -0.705. The van der Waals surface area contributed by atoms with Gasteiger partial charge in [0.2, 0.25) is 0 Å². The number of carbonyl (C=O) groups excluding carboxylic acids is 1. The maximum absolute atomic E-state index is 12.3. The highest BCUT2D eigenvalue weighted by Gasteiger charge is 2.22. The van der Waals surface area contributed by atoms with Gasteiger partial charge in [-0.25, -0.2) is 4.98 Å². The van der Waals surface area contributed by atoms with Gasteiger partial charge in [0.1, 0.15) is 11.0 Å². The molecule has 1 atom stereocenters. The molecule has 1 aliphatic heterocycles. The average Bonchev–Trinajstić information content (AvgIpc) is 3.22. The topological polar surface area (TPSA) is 74.7 Å². The van der Waals surface area contributed by atoms with Gasteiger partial charge in [-0.3, -0.25) is 4.79 Å². The molecule has 0 bridgehead atoms. The van der Waals surface area contributed by atoms with Gasteiger partial charge in [0.15, 0.2) is 0 Å². The number of rotatable bonds is 8. The van der Waals surface area contributed by atoms with Crippen LogP contribution in [0.5, 0.6) is 0 Å². The van der Waals surface area contributed by atoms with Gasteiger partial charge >= 0.3 is 0 Å². The normalized spacial score (nSPS) is 18.7. The van der Waals surface area contributed by atoms with Gasteiger partial charge in [-0.1, -0.05) is 11.6 Å². The third-order valence-corrected chi connectivity index (χ3v) is 4.53. The zero-order valence-corrected chi connectivity index (χ0v) is 14.5. The number of ether oxygens (including phenoxy) is 1. The summed E-state index contributed by atoms with van der Waals surface area (Å²) in [6, 6.07) is 3.30. The van der Waals surface area contributed by atoms with Crippen LogP contribution in [0.3, 0.4) is 0 Å². The van der Waals surface area contributed by atoms with E-state index in [0.717, 1.165) is 31.7 Å². The third-order valence-electron chi connectivity index (χ3n) is 4.33. The van der Waals surface area contributed by atoms with Gasteiger partial charge in [-0.2, -0.15) is 0 Å². The second-order valence-electron chi connectivity index (χ2n) is 6.58. The molecule has 132 valence electrons. The molecule has 3 rings (SSSR count). The Kier molecular flexibility index (Phi) is 5.92. The predicted molar refractivity (Wildman–Crippen MR) is 92.6 cm³/mol. The van der Waals surface area contributed by atoms with Crippen molar-refractivity contribution in [2.75, 3.05) is 37.7 Å². The molecule has 1 aliphatic carbocycles. The fourth-order valence-corrected chi connectivity index (χ4v) is 2.95. The summed E-state index contributed by atoms with van der Waals surface area (Å²) >= 11 is 6.05. The number of amides is 1. The van der Waals surface area contributed by atoms with Crippen molar-refractivity contribution in [2.24, 2.45) is 5.92 Å². The number of hydrogen-bond acceptors (Lipinski definition) is 5. The van der Waals surface area contributed by atoms with E-state index in [4.69, 9.17) is 16.3 Å². The SMILES string of the molecule is O=C(NCC(O)COCC1CC1)c1cc(Cl)nc(N2CCCC2)c1. The molecule has 7 heteroatoms. The lowest BCUT2D eigenvalue weighted by atomic mass is 10.2. The molecule has 0 spiro atoms. The Morgan fingerprint density at radius 2 is 2.17 bits per heavy atom. The lowest BCUT2D eigenvalue weighted by Crippen LogP contribution is -2.35. The number of pyridine rings is 1. The summed E-state index contributed by atoms with van der Waals surface area (Å²) in [6.45, 7) is 2.97. The zero-order chi connectivity index (χ0) is 16.9. The molecule has 2 N–H and O–H groups in total. The van der Waals surface area contributed by atoms with E-state index in [9.17, 15) is 9.90 Å². The molecule has 0 radical (unpaired) electrons. The number of nitrogens with zero attached hydrogens (tertiary/aromatic N) is 2. The van der Waals surface area contributed by atoms with Crippen molar-refractivity contribution in [1.82, 2.24) is 10.3 Å². The molecule has 0 aromatic carbocycles. The molecule has 2 aliphatic rings. The first-order valence-corrected chi connectivity index (χ1v) is 8.96. The third kappa shape index (κ3) is 5.06. The Bertz CT molecular complexity index is 574. The molecule has 24 heavy (non-hydrogen) atoms. The average molecular weight is 354 g/mol. The van der Waals surface area contributed by atoms with Crippen LogP contribution < -0.4 is 10.2 Å². The standard InChI is InChI=1S/C17H24ClN3O3/c18-15-7-13(8-16(20-15)21-5-1-2-6-21)17(23)19-9-14(22)11-24-10-12-3-4-12/h7-8,12,14,22H,1-6,9-11H2,(H,19,23). The number of anilines is 1. The highest BCUT2D eigenvalue weighted by molar-refractivity contribution is 6.29. The van der Waals surface area contributed by atoms with Gasteiger partial charge < -0.3 is 20.1 Å². The summed E-state index contributed by atoms with van der Waals surface area (Å²) < 4.78 is 5.42. The molecule has 1 amide bonds. The Hall–Kier alpha value is -1.37. The number of aromatic nitrogens is 1. The number of halogens is 1. The quantitative estimate of drug-likeness (QED) is 0.698. The molecule has 1 unspecified atom stereocenters. The fourth-order valence-electron chi connectivity index (χ4n) is 2.75. The maximum Gasteiger partial charge on any atom is 0.251 e.